The summed E-state index contributed by atoms with van der Waals surface area (Å²) in [5.41, 5.74) is 22.9. The van der Waals surface area contributed by atoms with Crippen molar-refractivity contribution in [1.29, 1.82) is 0 Å². The Morgan fingerprint density at radius 3 is 1.20 bits per heavy atom. The van der Waals surface area contributed by atoms with Crippen LogP contribution in [0.4, 0.5) is 17.1 Å². The van der Waals surface area contributed by atoms with Crippen molar-refractivity contribution < 1.29 is 0 Å². The first-order valence-electron chi connectivity index (χ1n) is 24.5. The van der Waals surface area contributed by atoms with Crippen molar-refractivity contribution in [2.24, 2.45) is 0 Å². The quantitative estimate of drug-likeness (QED) is 0.169. The second-order valence-electron chi connectivity index (χ2n) is 19.0. The van der Waals surface area contributed by atoms with E-state index >= 15 is 0 Å². The maximum atomic E-state index is 2.54. The molecule has 1 nitrogen and oxygen atoms in total. The number of benzene rings is 11. The summed E-state index contributed by atoms with van der Waals surface area (Å²) in [6.45, 7) is 0. The molecule has 0 atom stereocenters. The first-order chi connectivity index (χ1) is 35.2. The fourth-order valence-electron chi connectivity index (χ4n) is 12.8. The summed E-state index contributed by atoms with van der Waals surface area (Å²) in [4.78, 5) is 7.76. The van der Waals surface area contributed by atoms with Crippen LogP contribution in [0.25, 0.3) is 44.5 Å². The summed E-state index contributed by atoms with van der Waals surface area (Å²) in [6, 6.07) is 98.0. The number of nitrogens with zero attached hydrogens (tertiary/aromatic N) is 1. The highest BCUT2D eigenvalue weighted by Gasteiger charge is 2.52. The smallest absolute Gasteiger partial charge is 0.0736 e. The molecule has 3 heteroatoms. The van der Waals surface area contributed by atoms with E-state index in [1.54, 1.807) is 0 Å². The van der Waals surface area contributed by atoms with Gasteiger partial charge >= 0.3 is 0 Å². The van der Waals surface area contributed by atoms with Crippen LogP contribution in [0, 0.1) is 0 Å². The molecule has 0 N–H and O–H groups in total. The average Bonchev–Trinajstić information content (AvgIpc) is 3.89. The summed E-state index contributed by atoms with van der Waals surface area (Å²) in [7, 11) is 0. The van der Waals surface area contributed by atoms with Crippen LogP contribution in [0.15, 0.2) is 280 Å². The molecule has 0 bridgehead atoms. The van der Waals surface area contributed by atoms with Gasteiger partial charge in [-0.3, -0.25) is 0 Å². The standard InChI is InChI=1S/C68H43NS2/c1-2-18-44(19-3-1)45-34-36-46(37-35-45)49-20-6-13-29-62(49)69(47-39-41-56-53(42-47)51-22-5-8-24-55(51)67(56)57-25-9-14-30-63(57)70-64-31-15-10-26-58(64)67)48-38-40-52-50-21-4-7-23-54(50)68(61(52)43-48)59-27-11-16-32-65(59)71-66-33-17-12-28-60(66)68/h1-43H. The molecule has 71 heavy (non-hydrogen) atoms. The van der Waals surface area contributed by atoms with Crippen LogP contribution in [-0.4, -0.2) is 0 Å². The zero-order valence-electron chi connectivity index (χ0n) is 38.6. The van der Waals surface area contributed by atoms with E-state index in [0.717, 1.165) is 17.1 Å². The molecule has 2 aliphatic carbocycles. The molecule has 2 spiro atoms. The van der Waals surface area contributed by atoms with Gasteiger partial charge in [0.25, 0.3) is 0 Å². The highest BCUT2D eigenvalue weighted by atomic mass is 32.2. The molecule has 11 aromatic rings. The van der Waals surface area contributed by atoms with E-state index in [4.69, 9.17) is 0 Å². The van der Waals surface area contributed by atoms with Crippen LogP contribution in [0.3, 0.4) is 0 Å². The van der Waals surface area contributed by atoms with Crippen LogP contribution in [0.5, 0.6) is 0 Å². The van der Waals surface area contributed by atoms with Gasteiger partial charge in [-0.05, 0) is 138 Å². The van der Waals surface area contributed by atoms with Crippen molar-refractivity contribution in [1.82, 2.24) is 0 Å². The van der Waals surface area contributed by atoms with Crippen molar-refractivity contribution in [3.8, 4) is 44.5 Å². The number of hydrogen-bond donors (Lipinski definition) is 0. The van der Waals surface area contributed by atoms with E-state index in [-0.39, 0.29) is 0 Å². The fraction of sp³-hybridized carbons (Fsp3) is 0.0294. The Hall–Kier alpha value is -8.08. The average molecular weight is 938 g/mol. The van der Waals surface area contributed by atoms with Gasteiger partial charge in [-0.25, -0.2) is 0 Å². The fourth-order valence-corrected chi connectivity index (χ4v) is 15.2. The summed E-state index contributed by atoms with van der Waals surface area (Å²) in [5, 5.41) is 0. The third-order valence-corrected chi connectivity index (χ3v) is 17.9. The summed E-state index contributed by atoms with van der Waals surface area (Å²) >= 11 is 3.78. The van der Waals surface area contributed by atoms with E-state index in [1.807, 2.05) is 23.5 Å². The van der Waals surface area contributed by atoms with Gasteiger partial charge in [0.05, 0.1) is 16.5 Å². The lowest BCUT2D eigenvalue weighted by Gasteiger charge is -2.40. The Labute approximate surface area is 423 Å². The topological polar surface area (TPSA) is 3.24 Å². The molecule has 0 amide bonds. The van der Waals surface area contributed by atoms with Crippen LogP contribution in [-0.2, 0) is 10.8 Å². The largest absolute Gasteiger partial charge is 0.310 e. The second kappa shape index (κ2) is 15.7. The molecule has 2 heterocycles. The van der Waals surface area contributed by atoms with Gasteiger partial charge in [-0.15, -0.1) is 0 Å². The first kappa shape index (κ1) is 40.8. The third kappa shape index (κ3) is 5.73. The Morgan fingerprint density at radius 2 is 0.620 bits per heavy atom. The zero-order chi connectivity index (χ0) is 46.7. The van der Waals surface area contributed by atoms with Gasteiger partial charge in [0.1, 0.15) is 0 Å². The van der Waals surface area contributed by atoms with E-state index in [1.165, 1.54) is 109 Å². The number of anilines is 3. The SMILES string of the molecule is c1ccc(-c2ccc(-c3ccccc3N(c3ccc4c(c3)-c3ccccc3C43c4ccccc4Sc4ccccc43)c3ccc4c(c3)C3(c5ccccc5Sc5ccccc53)c3ccccc3-4)cc2)cc1. The molecule has 332 valence electrons. The summed E-state index contributed by atoms with van der Waals surface area (Å²) in [6.07, 6.45) is 0. The van der Waals surface area contributed by atoms with Crippen LogP contribution >= 0.6 is 23.5 Å². The Kier molecular flexibility index (Phi) is 9.03. The maximum Gasteiger partial charge on any atom is 0.0736 e. The monoisotopic (exact) mass is 937 g/mol. The Morgan fingerprint density at radius 1 is 0.239 bits per heavy atom. The minimum Gasteiger partial charge on any atom is -0.310 e. The van der Waals surface area contributed by atoms with Crippen molar-refractivity contribution in [2.75, 3.05) is 4.90 Å². The lowest BCUT2D eigenvalue weighted by molar-refractivity contribution is 0.722. The first-order valence-corrected chi connectivity index (χ1v) is 26.1. The van der Waals surface area contributed by atoms with Crippen molar-refractivity contribution >= 4 is 40.6 Å². The third-order valence-electron chi connectivity index (χ3n) is 15.6. The Bertz CT molecular complexity index is 3870. The van der Waals surface area contributed by atoms with Crippen molar-refractivity contribution in [3.05, 3.63) is 305 Å². The molecular weight excluding hydrogens is 895 g/mol. The molecule has 0 saturated heterocycles. The molecule has 0 fully saturated rings. The van der Waals surface area contributed by atoms with Crippen molar-refractivity contribution in [3.63, 3.8) is 0 Å². The predicted molar refractivity (Wildman–Crippen MR) is 295 cm³/mol. The molecule has 4 aliphatic rings. The molecule has 0 unspecified atom stereocenters. The van der Waals surface area contributed by atoms with Gasteiger partial charge in [-0.1, -0.05) is 230 Å². The van der Waals surface area contributed by atoms with E-state index in [0.29, 0.717) is 0 Å². The number of para-hydroxylation sites is 1. The van der Waals surface area contributed by atoms with Gasteiger partial charge in [0.2, 0.25) is 0 Å². The van der Waals surface area contributed by atoms with Gasteiger partial charge < -0.3 is 4.90 Å². The lowest BCUT2D eigenvalue weighted by Crippen LogP contribution is -2.32. The second-order valence-corrected chi connectivity index (χ2v) is 21.2. The Balaban J connectivity index is 0.994. The summed E-state index contributed by atoms with van der Waals surface area (Å²) in [5.74, 6) is 0. The molecule has 11 aromatic carbocycles. The van der Waals surface area contributed by atoms with Gasteiger partial charge in [-0.2, -0.15) is 0 Å². The molecule has 0 saturated carbocycles. The normalized spacial score (nSPS) is 14.3. The van der Waals surface area contributed by atoms with Crippen LogP contribution in [0.2, 0.25) is 0 Å². The van der Waals surface area contributed by atoms with E-state index < -0.39 is 10.8 Å². The lowest BCUT2D eigenvalue weighted by atomic mass is 9.67. The maximum absolute atomic E-state index is 2.54. The molecule has 0 radical (unpaired) electrons. The minimum absolute atomic E-state index is 0.461. The molecule has 15 rings (SSSR count). The minimum atomic E-state index is -0.512. The summed E-state index contributed by atoms with van der Waals surface area (Å²) < 4.78 is 0. The molecular formula is C68H43NS2. The number of fused-ring (bicyclic) bond motifs is 18. The number of rotatable bonds is 5. The van der Waals surface area contributed by atoms with Crippen LogP contribution in [0.1, 0.15) is 44.5 Å². The van der Waals surface area contributed by atoms with Crippen LogP contribution < -0.4 is 4.90 Å². The highest BCUT2D eigenvalue weighted by molar-refractivity contribution is 7.99. The highest BCUT2D eigenvalue weighted by Crippen LogP contribution is 2.65. The van der Waals surface area contributed by atoms with Crippen molar-refractivity contribution in [2.45, 2.75) is 30.4 Å². The molecule has 0 aromatic heterocycles. The van der Waals surface area contributed by atoms with E-state index in [2.05, 4.69) is 266 Å². The predicted octanol–water partition coefficient (Wildman–Crippen LogP) is 18.1. The van der Waals surface area contributed by atoms with E-state index in [9.17, 15) is 0 Å². The van der Waals surface area contributed by atoms with Gasteiger partial charge in [0.15, 0.2) is 0 Å². The van der Waals surface area contributed by atoms with Gasteiger partial charge in [0, 0.05) is 36.5 Å². The number of hydrogen-bond acceptors (Lipinski definition) is 3. The molecule has 2 aliphatic heterocycles. The zero-order valence-corrected chi connectivity index (χ0v) is 40.2.